The number of rotatable bonds is 6. The average molecular weight is 772 g/mol. The molecule has 1 aromatic rings. The number of quaternary nitrogens is 1. The Kier molecular flexibility index (Phi) is 7.42. The minimum absolute atomic E-state index is 0.0104. The summed E-state index contributed by atoms with van der Waals surface area (Å²) in [6, 6.07) is 8.28. The van der Waals surface area contributed by atoms with Crippen LogP contribution in [0.2, 0.25) is 0 Å². The van der Waals surface area contributed by atoms with Gasteiger partial charge in [-0.3, -0.25) is 4.48 Å². The van der Waals surface area contributed by atoms with E-state index in [1.807, 2.05) is 6.07 Å². The van der Waals surface area contributed by atoms with Crippen molar-refractivity contribution in [1.82, 2.24) is 0 Å². The molecule has 1 aromatic carbocycles. The third-order valence-electron chi connectivity index (χ3n) is 19.6. The Hall–Kier alpha value is -2.83. The molecule has 9 fully saturated rings. The van der Waals surface area contributed by atoms with Crippen molar-refractivity contribution in [2.45, 2.75) is 144 Å². The number of esters is 2. The first kappa shape index (κ1) is 36.3. The van der Waals surface area contributed by atoms with Crippen molar-refractivity contribution in [2.24, 2.45) is 46.3 Å². The van der Waals surface area contributed by atoms with Crippen molar-refractivity contribution in [3.8, 4) is 0 Å². The highest BCUT2D eigenvalue weighted by atomic mass is 16.5. The number of carbonyl (C=O) groups excluding carboxylic acids is 3. The molecule has 5 saturated carbocycles. The van der Waals surface area contributed by atoms with Crippen molar-refractivity contribution in [3.05, 3.63) is 41.5 Å². The minimum atomic E-state index is -1.37. The number of carbonyl (C=O) groups is 3. The summed E-state index contributed by atoms with van der Waals surface area (Å²) in [6.45, 7) is 4.56. The highest BCUT2D eigenvalue weighted by Gasteiger charge is 2.83. The van der Waals surface area contributed by atoms with Crippen LogP contribution >= 0.6 is 0 Å². The lowest BCUT2D eigenvalue weighted by atomic mass is 9.41. The summed E-state index contributed by atoms with van der Waals surface area (Å²) in [5, 5.41) is 50.1. The molecular formula is C45H59N2O9+. The fraction of sp³-hybridized carbons (Fsp3) is 0.756. The first-order valence-corrected chi connectivity index (χ1v) is 21.8. The van der Waals surface area contributed by atoms with Gasteiger partial charge in [0.1, 0.15) is 25.0 Å². The Morgan fingerprint density at radius 3 is 2.57 bits per heavy atom. The lowest BCUT2D eigenvalue weighted by Gasteiger charge is -2.67. The molecule has 11 heteroatoms. The van der Waals surface area contributed by atoms with Crippen molar-refractivity contribution >= 4 is 23.9 Å². The molecule has 18 atom stereocenters. The molecule has 0 aromatic heterocycles. The summed E-state index contributed by atoms with van der Waals surface area (Å²) >= 11 is 0. The molecule has 56 heavy (non-hydrogen) atoms. The van der Waals surface area contributed by atoms with E-state index in [0.717, 1.165) is 43.2 Å². The topological polar surface area (TPSA) is 154 Å². The molecule has 11 aliphatic rings. The second-order valence-electron chi connectivity index (χ2n) is 20.6. The largest absolute Gasteiger partial charge is 0.458 e. The van der Waals surface area contributed by atoms with E-state index in [-0.39, 0.29) is 89.6 Å². The van der Waals surface area contributed by atoms with Crippen LogP contribution < -0.4 is 4.90 Å². The van der Waals surface area contributed by atoms with Crippen LogP contribution in [0.3, 0.4) is 0 Å². The number of anilines is 1. The second kappa shape index (κ2) is 11.5. The number of aliphatic hydroxyl groups is 4. The summed E-state index contributed by atoms with van der Waals surface area (Å²) in [5.74, 6) is -0.852. The van der Waals surface area contributed by atoms with Gasteiger partial charge in [-0.25, -0.2) is 9.59 Å². The average Bonchev–Trinajstić information content (AvgIpc) is 3.86. The summed E-state index contributed by atoms with van der Waals surface area (Å²) in [6.07, 6.45) is 7.72. The number of nitrogens with zero attached hydrogens (tertiary/aromatic N) is 2. The maximum Gasteiger partial charge on any atom is 0.362 e. The number of benzene rings is 1. The number of hydrogen-bond donors (Lipinski definition) is 4. The van der Waals surface area contributed by atoms with Crippen LogP contribution in [0.15, 0.2) is 35.9 Å². The lowest BCUT2D eigenvalue weighted by Crippen LogP contribution is -2.83. The zero-order valence-electron chi connectivity index (χ0n) is 33.0. The number of fused-ring (bicyclic) bond motifs is 7. The van der Waals surface area contributed by atoms with E-state index in [1.54, 1.807) is 6.08 Å². The Labute approximate surface area is 329 Å². The highest BCUT2D eigenvalue weighted by molar-refractivity contribution is 5.85. The van der Waals surface area contributed by atoms with Gasteiger partial charge in [-0.2, -0.15) is 0 Å². The summed E-state index contributed by atoms with van der Waals surface area (Å²) in [4.78, 5) is 42.3. The van der Waals surface area contributed by atoms with E-state index in [2.05, 4.69) is 44.0 Å². The molecule has 5 bridgehead atoms. The molecule has 0 amide bonds. The maximum absolute atomic E-state index is 14.5. The lowest BCUT2D eigenvalue weighted by molar-refractivity contribution is -1.03. The minimum Gasteiger partial charge on any atom is -0.458 e. The summed E-state index contributed by atoms with van der Waals surface area (Å²) in [5.41, 5.74) is -1.04. The molecule has 4 saturated heterocycles. The predicted molar refractivity (Wildman–Crippen MR) is 202 cm³/mol. The van der Waals surface area contributed by atoms with E-state index < -0.39 is 45.9 Å². The molecule has 11 nitrogen and oxygen atoms in total. The third kappa shape index (κ3) is 3.92. The van der Waals surface area contributed by atoms with Gasteiger partial charge in [0, 0.05) is 55.3 Å². The standard InChI is InChI=1S/C45H59N2O9/c1-4-26-27-18-33-38-44(31-7-5-6-8-32(31)46(38)3)20-34(37(27)39(44)51)47(33,40(26)52)21-36(50)56-25-9-14-42(23-48)29-10-13-41(2)28(24-17-35(49)55-22-24)12-16-45(41,54)30(29)11-15-43(42,53)19-25/h5-8,17,23,25-30,33-34,37-40,51-54H,4,9-16,18-22H2,1-3H3/q+1/t25-,26-,27+,28+,29-,30+,33-,34-,37-,38-,39+,40+,41+,42-,43-,44+,45-,47-/m0/s1. The van der Waals surface area contributed by atoms with Gasteiger partial charge in [0.25, 0.3) is 0 Å². The summed E-state index contributed by atoms with van der Waals surface area (Å²) < 4.78 is 11.9. The molecule has 4 N–H and O–H groups in total. The van der Waals surface area contributed by atoms with Crippen LogP contribution in [0.25, 0.3) is 0 Å². The van der Waals surface area contributed by atoms with Crippen LogP contribution in [0.5, 0.6) is 0 Å². The fourth-order valence-corrected chi connectivity index (χ4v) is 17.6. The Bertz CT molecular complexity index is 1940. The van der Waals surface area contributed by atoms with Gasteiger partial charge in [0.2, 0.25) is 0 Å². The molecule has 12 rings (SSSR count). The zero-order chi connectivity index (χ0) is 38.9. The molecule has 1 spiro atoms. The van der Waals surface area contributed by atoms with Gasteiger partial charge in [-0.15, -0.1) is 0 Å². The fourth-order valence-electron chi connectivity index (χ4n) is 17.6. The van der Waals surface area contributed by atoms with Crippen molar-refractivity contribution in [2.75, 3.05) is 25.1 Å². The van der Waals surface area contributed by atoms with Crippen LogP contribution in [-0.2, 0) is 29.3 Å². The number of hydrogen-bond acceptors (Lipinski definition) is 10. The van der Waals surface area contributed by atoms with Gasteiger partial charge >= 0.3 is 11.9 Å². The number of aldehydes is 1. The Balaban J connectivity index is 0.854. The van der Waals surface area contributed by atoms with E-state index in [0.29, 0.717) is 44.9 Å². The smallest absolute Gasteiger partial charge is 0.362 e. The van der Waals surface area contributed by atoms with Crippen molar-refractivity contribution < 1.29 is 48.8 Å². The number of aliphatic hydroxyl groups excluding tert-OH is 2. The Morgan fingerprint density at radius 2 is 1.82 bits per heavy atom. The first-order chi connectivity index (χ1) is 26.7. The highest BCUT2D eigenvalue weighted by Crippen LogP contribution is 2.73. The van der Waals surface area contributed by atoms with Crippen molar-refractivity contribution in [1.29, 1.82) is 0 Å². The number of likely N-dealkylation sites (N-methyl/N-ethyl adjacent to an activating group) is 1. The van der Waals surface area contributed by atoms with Crippen LogP contribution in [-0.4, -0.2) is 111 Å². The van der Waals surface area contributed by atoms with E-state index in [4.69, 9.17) is 9.47 Å². The molecule has 6 aliphatic heterocycles. The zero-order valence-corrected chi connectivity index (χ0v) is 33.0. The van der Waals surface area contributed by atoms with Gasteiger partial charge < -0.3 is 39.6 Å². The normalized spacial score (nSPS) is 54.1. The van der Waals surface area contributed by atoms with Gasteiger partial charge in [0.05, 0.1) is 40.2 Å². The third-order valence-corrected chi connectivity index (χ3v) is 19.6. The van der Waals surface area contributed by atoms with Gasteiger partial charge in [-0.1, -0.05) is 32.0 Å². The van der Waals surface area contributed by atoms with Crippen LogP contribution in [0.1, 0.15) is 96.5 Å². The molecule has 5 aliphatic carbocycles. The maximum atomic E-state index is 14.5. The van der Waals surface area contributed by atoms with E-state index in [9.17, 15) is 34.8 Å². The van der Waals surface area contributed by atoms with E-state index in [1.165, 1.54) is 5.56 Å². The van der Waals surface area contributed by atoms with Crippen LogP contribution in [0.4, 0.5) is 5.69 Å². The monoisotopic (exact) mass is 771 g/mol. The van der Waals surface area contributed by atoms with Gasteiger partial charge in [0.15, 0.2) is 12.8 Å². The van der Waals surface area contributed by atoms with Crippen LogP contribution in [0, 0.1) is 46.3 Å². The number of ether oxygens (including phenoxy) is 2. The first-order valence-electron chi connectivity index (χ1n) is 21.8. The van der Waals surface area contributed by atoms with E-state index >= 15 is 0 Å². The number of cyclic esters (lactones) is 1. The molecule has 0 unspecified atom stereocenters. The van der Waals surface area contributed by atoms with Crippen molar-refractivity contribution in [3.63, 3.8) is 0 Å². The molecular weight excluding hydrogens is 713 g/mol. The van der Waals surface area contributed by atoms with Gasteiger partial charge in [-0.05, 0) is 98.7 Å². The predicted octanol–water partition coefficient (Wildman–Crippen LogP) is 3.53. The number of piperidine rings is 4. The second-order valence-corrected chi connectivity index (χ2v) is 20.6. The Morgan fingerprint density at radius 1 is 1.04 bits per heavy atom. The molecule has 0 radical (unpaired) electrons. The number of para-hydroxylation sites is 1. The SMILES string of the molecule is CC[C@H]1[C@H]2C[C@H]3[C@@H]4N(C)c5ccccc5[C@]45C[C@@H]([C@H]2[C@H]5O)[N@@+]3(CC(=O)O[C@H]2CC[C@]3(C=O)[C@H]4CC[C@]5(C)[C@@H](C6=CC(=O)OC6)CC[C@]5(O)[C@@H]4CC[C@]3(O)C2)[C@@H]1O. The quantitative estimate of drug-likeness (QED) is 0.192. The molecule has 6 heterocycles. The molecule has 302 valence electrons. The summed E-state index contributed by atoms with van der Waals surface area (Å²) in [7, 11) is 2.11.